The van der Waals surface area contributed by atoms with E-state index in [9.17, 15) is 4.79 Å². The Labute approximate surface area is 148 Å². The van der Waals surface area contributed by atoms with Gasteiger partial charge in [0, 0.05) is 17.8 Å². The Kier molecular flexibility index (Phi) is 3.52. The summed E-state index contributed by atoms with van der Waals surface area (Å²) in [5.41, 5.74) is 2.47. The molecule has 2 unspecified atom stereocenters. The van der Waals surface area contributed by atoms with Crippen molar-refractivity contribution in [2.75, 3.05) is 20.3 Å². The maximum atomic E-state index is 13.2. The molecule has 4 nitrogen and oxygen atoms in total. The fraction of sp³-hybridized carbons (Fsp3) is 0.667. The Morgan fingerprint density at radius 1 is 1.24 bits per heavy atom. The lowest BCUT2D eigenvalue weighted by Gasteiger charge is -2.49. The van der Waals surface area contributed by atoms with Crippen LogP contribution in [-0.4, -0.2) is 38.3 Å². The number of carbonyl (C=O) groups excluding carboxylic acids is 1. The first kappa shape index (κ1) is 15.8. The number of Topliss-reactive ketones (excluding diaryl/α,β-unsaturated/α-hetero) is 1. The van der Waals surface area contributed by atoms with Crippen LogP contribution in [0.4, 0.5) is 0 Å². The molecule has 1 aromatic carbocycles. The number of fused-ring (bicyclic) bond motifs is 7. The molecule has 134 valence electrons. The average molecular weight is 342 g/mol. The van der Waals surface area contributed by atoms with Gasteiger partial charge in [-0.05, 0) is 54.4 Å². The Morgan fingerprint density at radius 2 is 2.08 bits per heavy atom. The first-order chi connectivity index (χ1) is 12.1. The minimum atomic E-state index is -0.0622. The molecule has 2 saturated carbocycles. The Morgan fingerprint density at radius 3 is 2.92 bits per heavy atom. The van der Waals surface area contributed by atoms with Crippen LogP contribution in [0.15, 0.2) is 18.2 Å². The summed E-state index contributed by atoms with van der Waals surface area (Å²) < 4.78 is 17.5. The van der Waals surface area contributed by atoms with Crippen molar-refractivity contribution in [1.82, 2.24) is 0 Å². The standard InChI is InChI=1S/C21H26O4/c1-21-11-17(22)19-14-6-4-13(23-2)9-12(14)3-5-15(19)16(21)10-18-20(21)25-8-7-24-18/h4,6,9,15-16,18-20H,3,5,7-8,10-11H2,1-2H3/t15-,16-,18?,19+,20?,21-/m0/s1. The molecule has 0 N–H and O–H groups in total. The van der Waals surface area contributed by atoms with Gasteiger partial charge in [-0.25, -0.2) is 0 Å². The highest BCUT2D eigenvalue weighted by molar-refractivity contribution is 5.88. The van der Waals surface area contributed by atoms with Crippen molar-refractivity contribution < 1.29 is 19.0 Å². The minimum absolute atomic E-state index is 0.0490. The SMILES string of the molecule is COc1ccc2c(c1)CC[C@@H]1[C@@H]2C(=O)C[C@]2(C)C3OCCOC3C[C@@H]12. The van der Waals surface area contributed by atoms with Crippen molar-refractivity contribution >= 4 is 5.78 Å². The maximum absolute atomic E-state index is 13.2. The third kappa shape index (κ3) is 2.16. The molecule has 25 heavy (non-hydrogen) atoms. The Balaban J connectivity index is 1.53. The number of hydrogen-bond donors (Lipinski definition) is 0. The van der Waals surface area contributed by atoms with E-state index in [1.165, 1.54) is 11.1 Å². The van der Waals surface area contributed by atoms with E-state index < -0.39 is 0 Å². The summed E-state index contributed by atoms with van der Waals surface area (Å²) in [6, 6.07) is 6.25. The number of ether oxygens (including phenoxy) is 3. The van der Waals surface area contributed by atoms with Gasteiger partial charge in [0.25, 0.3) is 0 Å². The average Bonchev–Trinajstić information content (AvgIpc) is 2.93. The van der Waals surface area contributed by atoms with Crippen LogP contribution in [0.1, 0.15) is 43.2 Å². The topological polar surface area (TPSA) is 44.8 Å². The van der Waals surface area contributed by atoms with Crippen LogP contribution in [0.3, 0.4) is 0 Å². The van der Waals surface area contributed by atoms with Crippen molar-refractivity contribution in [2.24, 2.45) is 17.3 Å². The van der Waals surface area contributed by atoms with Crippen LogP contribution in [0.25, 0.3) is 0 Å². The smallest absolute Gasteiger partial charge is 0.141 e. The van der Waals surface area contributed by atoms with E-state index in [4.69, 9.17) is 14.2 Å². The molecule has 0 spiro atoms. The van der Waals surface area contributed by atoms with Crippen LogP contribution in [-0.2, 0) is 20.7 Å². The summed E-state index contributed by atoms with van der Waals surface area (Å²) in [6.45, 7) is 3.62. The number of ketones is 1. The molecule has 1 aliphatic heterocycles. The molecule has 1 aromatic rings. The van der Waals surface area contributed by atoms with Gasteiger partial charge in [0.05, 0.1) is 32.5 Å². The summed E-state index contributed by atoms with van der Waals surface area (Å²) in [5.74, 6) is 2.26. The molecular weight excluding hydrogens is 316 g/mol. The second-order valence-corrected chi connectivity index (χ2v) is 8.44. The van der Waals surface area contributed by atoms with E-state index in [-0.39, 0.29) is 23.5 Å². The van der Waals surface area contributed by atoms with E-state index in [2.05, 4.69) is 19.1 Å². The molecule has 5 rings (SSSR count). The highest BCUT2D eigenvalue weighted by atomic mass is 16.6. The summed E-state index contributed by atoms with van der Waals surface area (Å²) >= 11 is 0. The summed E-state index contributed by atoms with van der Waals surface area (Å²) in [7, 11) is 1.70. The molecule has 1 heterocycles. The normalized spacial score (nSPS) is 42.2. The zero-order valence-electron chi connectivity index (χ0n) is 15.0. The number of rotatable bonds is 1. The predicted octanol–water partition coefficient (Wildman–Crippen LogP) is 3.12. The molecule has 3 fully saturated rings. The first-order valence-corrected chi connectivity index (χ1v) is 9.54. The van der Waals surface area contributed by atoms with Gasteiger partial charge >= 0.3 is 0 Å². The Bertz CT molecular complexity index is 714. The van der Waals surface area contributed by atoms with E-state index in [1.807, 2.05) is 6.07 Å². The van der Waals surface area contributed by atoms with Crippen molar-refractivity contribution in [3.05, 3.63) is 29.3 Å². The number of hydrogen-bond acceptors (Lipinski definition) is 4. The number of carbonyl (C=O) groups is 1. The predicted molar refractivity (Wildman–Crippen MR) is 92.9 cm³/mol. The molecule has 6 atom stereocenters. The van der Waals surface area contributed by atoms with Gasteiger partial charge < -0.3 is 14.2 Å². The molecular formula is C21H26O4. The van der Waals surface area contributed by atoms with Crippen molar-refractivity contribution in [3.8, 4) is 5.75 Å². The van der Waals surface area contributed by atoms with Crippen molar-refractivity contribution in [3.63, 3.8) is 0 Å². The molecule has 0 radical (unpaired) electrons. The van der Waals surface area contributed by atoms with Gasteiger partial charge in [-0.1, -0.05) is 13.0 Å². The molecule has 3 aliphatic carbocycles. The van der Waals surface area contributed by atoms with Gasteiger partial charge in [-0.15, -0.1) is 0 Å². The minimum Gasteiger partial charge on any atom is -0.497 e. The lowest BCUT2D eigenvalue weighted by atomic mass is 9.55. The first-order valence-electron chi connectivity index (χ1n) is 9.54. The number of methoxy groups -OCH3 is 1. The van der Waals surface area contributed by atoms with Gasteiger partial charge in [0.2, 0.25) is 0 Å². The summed E-state index contributed by atoms with van der Waals surface area (Å²) in [5, 5.41) is 0. The highest BCUT2D eigenvalue weighted by Crippen LogP contribution is 2.61. The quantitative estimate of drug-likeness (QED) is 0.787. The van der Waals surface area contributed by atoms with E-state index in [0.29, 0.717) is 37.3 Å². The number of aryl methyl sites for hydroxylation is 1. The van der Waals surface area contributed by atoms with Crippen LogP contribution in [0, 0.1) is 17.3 Å². The Hall–Kier alpha value is -1.39. The molecule has 0 bridgehead atoms. The zero-order valence-corrected chi connectivity index (χ0v) is 15.0. The number of benzene rings is 1. The van der Waals surface area contributed by atoms with Crippen molar-refractivity contribution in [1.29, 1.82) is 0 Å². The summed E-state index contributed by atoms with van der Waals surface area (Å²) in [4.78, 5) is 13.2. The van der Waals surface area contributed by atoms with Gasteiger partial charge in [-0.3, -0.25) is 4.79 Å². The third-order valence-electron chi connectivity index (χ3n) is 7.31. The second kappa shape index (κ2) is 5.55. The van der Waals surface area contributed by atoms with Crippen LogP contribution in [0.2, 0.25) is 0 Å². The van der Waals surface area contributed by atoms with E-state index in [0.717, 1.165) is 25.0 Å². The third-order valence-corrected chi connectivity index (χ3v) is 7.31. The molecule has 0 aromatic heterocycles. The fourth-order valence-electron chi connectivity index (χ4n) is 6.28. The maximum Gasteiger partial charge on any atom is 0.141 e. The highest BCUT2D eigenvalue weighted by Gasteiger charge is 2.62. The second-order valence-electron chi connectivity index (χ2n) is 8.44. The molecule has 4 heteroatoms. The van der Waals surface area contributed by atoms with Gasteiger partial charge in [-0.2, -0.15) is 0 Å². The van der Waals surface area contributed by atoms with Crippen LogP contribution in [0.5, 0.6) is 5.75 Å². The molecule has 4 aliphatic rings. The summed E-state index contributed by atoms with van der Waals surface area (Å²) in [6.07, 6.45) is 4.04. The van der Waals surface area contributed by atoms with Crippen LogP contribution >= 0.6 is 0 Å². The zero-order chi connectivity index (χ0) is 17.2. The van der Waals surface area contributed by atoms with Crippen molar-refractivity contribution in [2.45, 2.75) is 50.7 Å². The lowest BCUT2D eigenvalue weighted by Crippen LogP contribution is -2.51. The van der Waals surface area contributed by atoms with E-state index in [1.54, 1.807) is 7.11 Å². The van der Waals surface area contributed by atoms with Gasteiger partial charge in [0.15, 0.2) is 0 Å². The van der Waals surface area contributed by atoms with Gasteiger partial charge in [0.1, 0.15) is 11.5 Å². The van der Waals surface area contributed by atoms with E-state index >= 15 is 0 Å². The lowest BCUT2D eigenvalue weighted by molar-refractivity contribution is -0.166. The monoisotopic (exact) mass is 342 g/mol. The largest absolute Gasteiger partial charge is 0.497 e. The molecule has 0 amide bonds. The van der Waals surface area contributed by atoms with Crippen LogP contribution < -0.4 is 4.74 Å². The molecule has 1 saturated heterocycles. The fourth-order valence-corrected chi connectivity index (χ4v) is 6.28.